The number of hydrogen-bond donors (Lipinski definition) is 2. The van der Waals surface area contributed by atoms with E-state index in [-0.39, 0.29) is 5.41 Å². The van der Waals surface area contributed by atoms with Gasteiger partial charge in [-0.15, -0.1) is 0 Å². The maximum Gasteiger partial charge on any atom is 0.138 e. The van der Waals surface area contributed by atoms with Gasteiger partial charge in [-0.25, -0.2) is 9.97 Å². The van der Waals surface area contributed by atoms with Crippen LogP contribution in [0.4, 0.5) is 11.6 Å². The van der Waals surface area contributed by atoms with E-state index in [1.54, 1.807) is 6.07 Å². The fourth-order valence-electron chi connectivity index (χ4n) is 1.68. The lowest BCUT2D eigenvalue weighted by atomic mass is 9.96. The zero-order valence-electron chi connectivity index (χ0n) is 12.1. The van der Waals surface area contributed by atoms with Gasteiger partial charge in [-0.05, 0) is 18.8 Å². The summed E-state index contributed by atoms with van der Waals surface area (Å²) in [5.74, 6) is 2.84. The quantitative estimate of drug-likeness (QED) is 0.771. The first-order chi connectivity index (χ1) is 8.95. The van der Waals surface area contributed by atoms with Crippen LogP contribution in [0.25, 0.3) is 0 Å². The summed E-state index contributed by atoms with van der Waals surface area (Å²) in [6.07, 6.45) is 2.65. The molecule has 1 heterocycles. The highest BCUT2D eigenvalue weighted by Crippen LogP contribution is 2.28. The Morgan fingerprint density at radius 1 is 1.37 bits per heavy atom. The average molecular weight is 264 g/mol. The normalized spacial score (nSPS) is 15.5. The summed E-state index contributed by atoms with van der Waals surface area (Å²) in [5, 5.41) is 3.24. The predicted octanol–water partition coefficient (Wildman–Crippen LogP) is 2.19. The molecule has 1 saturated carbocycles. The Balaban J connectivity index is 1.83. The van der Waals surface area contributed by atoms with E-state index in [9.17, 15) is 0 Å². The lowest BCUT2D eigenvalue weighted by Crippen LogP contribution is -2.19. The summed E-state index contributed by atoms with van der Waals surface area (Å²) in [7, 11) is 0. The molecular weight excluding hydrogens is 240 g/mol. The van der Waals surface area contributed by atoms with Crippen LogP contribution in [0.15, 0.2) is 6.07 Å². The number of nitrogens with one attached hydrogen (secondary N) is 1. The number of hydrogen-bond acceptors (Lipinski definition) is 5. The van der Waals surface area contributed by atoms with Crippen molar-refractivity contribution in [2.45, 2.75) is 39.0 Å². The van der Waals surface area contributed by atoms with Crippen molar-refractivity contribution in [2.24, 2.45) is 5.92 Å². The van der Waals surface area contributed by atoms with Gasteiger partial charge in [-0.2, -0.15) is 0 Å². The SMILES string of the molecule is CC(C)(C)c1nc(N)cc(NCCOCC2CC2)n1. The molecule has 0 saturated heterocycles. The van der Waals surface area contributed by atoms with Gasteiger partial charge in [-0.3, -0.25) is 0 Å². The topological polar surface area (TPSA) is 73.1 Å². The first kappa shape index (κ1) is 14.1. The van der Waals surface area contributed by atoms with Crippen molar-refractivity contribution in [3.63, 3.8) is 0 Å². The monoisotopic (exact) mass is 264 g/mol. The summed E-state index contributed by atoms with van der Waals surface area (Å²) in [6, 6.07) is 1.76. The second-order valence-corrected chi connectivity index (χ2v) is 6.20. The highest BCUT2D eigenvalue weighted by molar-refractivity contribution is 5.45. The van der Waals surface area contributed by atoms with Gasteiger partial charge < -0.3 is 15.8 Å². The summed E-state index contributed by atoms with van der Waals surface area (Å²) in [5.41, 5.74) is 5.71. The molecule has 0 radical (unpaired) electrons. The zero-order chi connectivity index (χ0) is 13.9. The summed E-state index contributed by atoms with van der Waals surface area (Å²) in [4.78, 5) is 8.77. The Bertz CT molecular complexity index is 424. The molecule has 0 aliphatic heterocycles. The van der Waals surface area contributed by atoms with Crippen LogP contribution in [0, 0.1) is 5.92 Å². The van der Waals surface area contributed by atoms with E-state index in [1.807, 2.05) is 0 Å². The molecule has 0 unspecified atom stereocenters. The molecule has 1 aromatic heterocycles. The molecule has 106 valence electrons. The molecule has 2 rings (SSSR count). The van der Waals surface area contributed by atoms with Crippen molar-refractivity contribution >= 4 is 11.6 Å². The van der Waals surface area contributed by atoms with Gasteiger partial charge >= 0.3 is 0 Å². The van der Waals surface area contributed by atoms with Crippen LogP contribution in [-0.2, 0) is 10.2 Å². The highest BCUT2D eigenvalue weighted by atomic mass is 16.5. The molecule has 1 aromatic rings. The van der Waals surface area contributed by atoms with Gasteiger partial charge in [-0.1, -0.05) is 20.8 Å². The van der Waals surface area contributed by atoms with Crippen LogP contribution in [0.1, 0.15) is 39.4 Å². The summed E-state index contributed by atoms with van der Waals surface area (Å²) in [6.45, 7) is 8.55. The number of ether oxygens (including phenoxy) is 1. The fraction of sp³-hybridized carbons (Fsp3) is 0.714. The minimum absolute atomic E-state index is 0.103. The van der Waals surface area contributed by atoms with Crippen LogP contribution in [-0.4, -0.2) is 29.7 Å². The van der Waals surface area contributed by atoms with E-state index in [2.05, 4.69) is 36.1 Å². The van der Waals surface area contributed by atoms with Crippen LogP contribution in [0.2, 0.25) is 0 Å². The molecule has 3 N–H and O–H groups in total. The first-order valence-electron chi connectivity index (χ1n) is 6.92. The van der Waals surface area contributed by atoms with E-state index in [0.717, 1.165) is 30.7 Å². The number of nitrogens with zero attached hydrogens (tertiary/aromatic N) is 2. The molecule has 0 bridgehead atoms. The maximum atomic E-state index is 5.81. The molecule has 1 aliphatic carbocycles. The number of rotatable bonds is 6. The molecule has 0 amide bonds. The molecule has 1 fully saturated rings. The molecule has 1 aliphatic rings. The van der Waals surface area contributed by atoms with E-state index < -0.39 is 0 Å². The summed E-state index contributed by atoms with van der Waals surface area (Å²) >= 11 is 0. The molecule has 5 heteroatoms. The van der Waals surface area contributed by atoms with Crippen molar-refractivity contribution in [1.29, 1.82) is 0 Å². The average Bonchev–Trinajstić information content (AvgIpc) is 3.10. The lowest BCUT2D eigenvalue weighted by Gasteiger charge is -2.18. The number of nitrogen functional groups attached to an aromatic ring is 1. The van der Waals surface area contributed by atoms with Gasteiger partial charge in [0.25, 0.3) is 0 Å². The number of aromatic nitrogens is 2. The van der Waals surface area contributed by atoms with Crippen molar-refractivity contribution in [2.75, 3.05) is 30.8 Å². The molecule has 0 spiro atoms. The minimum Gasteiger partial charge on any atom is -0.384 e. The van der Waals surface area contributed by atoms with E-state index in [0.29, 0.717) is 12.4 Å². The second kappa shape index (κ2) is 5.74. The first-order valence-corrected chi connectivity index (χ1v) is 6.92. The molecule has 5 nitrogen and oxygen atoms in total. The fourth-order valence-corrected chi connectivity index (χ4v) is 1.68. The van der Waals surface area contributed by atoms with E-state index in [4.69, 9.17) is 10.5 Å². The zero-order valence-corrected chi connectivity index (χ0v) is 12.1. The Morgan fingerprint density at radius 2 is 2.11 bits per heavy atom. The van der Waals surface area contributed by atoms with Crippen LogP contribution in [0.3, 0.4) is 0 Å². The molecule has 0 atom stereocenters. The Hall–Kier alpha value is -1.36. The third kappa shape index (κ3) is 4.67. The molecular formula is C14H24N4O. The third-order valence-electron chi connectivity index (χ3n) is 3.02. The van der Waals surface area contributed by atoms with Gasteiger partial charge in [0.05, 0.1) is 6.61 Å². The van der Waals surface area contributed by atoms with Crippen molar-refractivity contribution in [3.8, 4) is 0 Å². The minimum atomic E-state index is -0.103. The van der Waals surface area contributed by atoms with Gasteiger partial charge in [0.15, 0.2) is 0 Å². The van der Waals surface area contributed by atoms with Gasteiger partial charge in [0, 0.05) is 24.6 Å². The second-order valence-electron chi connectivity index (χ2n) is 6.20. The third-order valence-corrected chi connectivity index (χ3v) is 3.02. The predicted molar refractivity (Wildman–Crippen MR) is 77.2 cm³/mol. The molecule has 0 aromatic carbocycles. The van der Waals surface area contributed by atoms with Crippen molar-refractivity contribution in [1.82, 2.24) is 9.97 Å². The number of nitrogens with two attached hydrogens (primary N) is 1. The van der Waals surface area contributed by atoms with Crippen molar-refractivity contribution < 1.29 is 4.74 Å². The van der Waals surface area contributed by atoms with E-state index in [1.165, 1.54) is 12.8 Å². The smallest absolute Gasteiger partial charge is 0.138 e. The van der Waals surface area contributed by atoms with Crippen LogP contribution >= 0.6 is 0 Å². The maximum absolute atomic E-state index is 5.81. The molecule has 19 heavy (non-hydrogen) atoms. The Kier molecular flexibility index (Phi) is 4.24. The highest BCUT2D eigenvalue weighted by Gasteiger charge is 2.21. The standard InChI is InChI=1S/C14H24N4O/c1-14(2,3)13-17-11(15)8-12(18-13)16-6-7-19-9-10-4-5-10/h8,10H,4-7,9H2,1-3H3,(H3,15,16,17,18). The summed E-state index contributed by atoms with van der Waals surface area (Å²) < 4.78 is 5.57. The van der Waals surface area contributed by atoms with E-state index >= 15 is 0 Å². The van der Waals surface area contributed by atoms with Gasteiger partial charge in [0.2, 0.25) is 0 Å². The van der Waals surface area contributed by atoms with Crippen LogP contribution < -0.4 is 11.1 Å². The number of anilines is 2. The Labute approximate surface area is 115 Å². The largest absolute Gasteiger partial charge is 0.384 e. The Morgan fingerprint density at radius 3 is 2.74 bits per heavy atom. The van der Waals surface area contributed by atoms with Crippen molar-refractivity contribution in [3.05, 3.63) is 11.9 Å². The van der Waals surface area contributed by atoms with Gasteiger partial charge in [0.1, 0.15) is 17.5 Å². The lowest BCUT2D eigenvalue weighted by molar-refractivity contribution is 0.134. The van der Waals surface area contributed by atoms with Crippen LogP contribution in [0.5, 0.6) is 0 Å².